The van der Waals surface area contributed by atoms with Crippen LogP contribution >= 0.6 is 35.3 Å². The summed E-state index contributed by atoms with van der Waals surface area (Å²) < 4.78 is 0. The van der Waals surface area contributed by atoms with Crippen LogP contribution in [0.3, 0.4) is 0 Å². The van der Waals surface area contributed by atoms with Crippen molar-refractivity contribution in [3.05, 3.63) is 57.8 Å². The maximum atomic E-state index is 11.7. The molecule has 3 rings (SSSR count). The number of halogens is 1. The predicted molar refractivity (Wildman–Crippen MR) is 127 cm³/mol. The quantitative estimate of drug-likeness (QED) is 0.350. The maximum absolute atomic E-state index is 11.7. The number of benzene rings is 1. The molecule has 1 N–H and O–H groups in total. The minimum absolute atomic E-state index is 0. The number of hydrogen-bond acceptors (Lipinski definition) is 3. The first-order chi connectivity index (χ1) is 13.2. The van der Waals surface area contributed by atoms with Crippen LogP contribution in [0.4, 0.5) is 0 Å². The molecule has 28 heavy (non-hydrogen) atoms. The molecule has 1 aliphatic heterocycles. The van der Waals surface area contributed by atoms with Gasteiger partial charge in [0.25, 0.3) is 0 Å². The lowest BCUT2D eigenvalue weighted by Crippen LogP contribution is -2.39. The standard InChI is InChI=1S/C21H28N4OS.HI/c1-22-21(24(2)13-11-19-5-4-14-27-19)23-15-17-7-9-18(10-8-17)16-25-12-3-6-20(25)26;/h4-5,7-10,14H,3,6,11-13,15-16H2,1-2H3,(H,22,23);1H. The molecular weight excluding hydrogens is 483 g/mol. The van der Waals surface area contributed by atoms with E-state index in [1.807, 2.05) is 11.9 Å². The average Bonchev–Trinajstić information content (AvgIpc) is 3.34. The van der Waals surface area contributed by atoms with Gasteiger partial charge in [0, 0.05) is 51.6 Å². The van der Waals surface area contributed by atoms with E-state index in [1.165, 1.54) is 16.0 Å². The van der Waals surface area contributed by atoms with Crippen molar-refractivity contribution in [2.45, 2.75) is 32.4 Å². The summed E-state index contributed by atoms with van der Waals surface area (Å²) in [5.74, 6) is 1.17. The molecule has 0 spiro atoms. The van der Waals surface area contributed by atoms with Crippen LogP contribution in [0.25, 0.3) is 0 Å². The number of thiophene rings is 1. The van der Waals surface area contributed by atoms with Crippen molar-refractivity contribution in [1.82, 2.24) is 15.1 Å². The average molecular weight is 512 g/mol. The van der Waals surface area contributed by atoms with Crippen molar-refractivity contribution in [3.8, 4) is 0 Å². The second-order valence-electron chi connectivity index (χ2n) is 6.89. The molecule has 1 fully saturated rings. The maximum Gasteiger partial charge on any atom is 0.222 e. The fourth-order valence-electron chi connectivity index (χ4n) is 3.26. The summed E-state index contributed by atoms with van der Waals surface area (Å²) in [5, 5.41) is 5.55. The first-order valence-corrected chi connectivity index (χ1v) is 10.3. The molecule has 1 aromatic heterocycles. The van der Waals surface area contributed by atoms with Gasteiger partial charge >= 0.3 is 0 Å². The number of rotatable bonds is 7. The Kier molecular flexibility index (Phi) is 9.24. The third-order valence-corrected chi connectivity index (χ3v) is 5.80. The lowest BCUT2D eigenvalue weighted by Gasteiger charge is -2.22. The van der Waals surface area contributed by atoms with Gasteiger partial charge in [-0.1, -0.05) is 30.3 Å². The summed E-state index contributed by atoms with van der Waals surface area (Å²) >= 11 is 1.80. The normalized spacial score (nSPS) is 14.1. The van der Waals surface area contributed by atoms with E-state index in [2.05, 4.69) is 64.0 Å². The van der Waals surface area contributed by atoms with Gasteiger partial charge in [-0.25, -0.2) is 0 Å². The Morgan fingerprint density at radius 3 is 2.61 bits per heavy atom. The lowest BCUT2D eigenvalue weighted by atomic mass is 10.1. The second kappa shape index (κ2) is 11.4. The van der Waals surface area contributed by atoms with Gasteiger partial charge in [0.05, 0.1) is 0 Å². The second-order valence-corrected chi connectivity index (χ2v) is 7.92. The topological polar surface area (TPSA) is 47.9 Å². The van der Waals surface area contributed by atoms with E-state index < -0.39 is 0 Å². The summed E-state index contributed by atoms with van der Waals surface area (Å²) in [6.07, 6.45) is 2.71. The molecule has 0 atom stereocenters. The van der Waals surface area contributed by atoms with Gasteiger partial charge in [0.1, 0.15) is 0 Å². The van der Waals surface area contributed by atoms with Gasteiger partial charge in [-0.3, -0.25) is 9.79 Å². The summed E-state index contributed by atoms with van der Waals surface area (Å²) in [5.41, 5.74) is 2.39. The minimum Gasteiger partial charge on any atom is -0.352 e. The third kappa shape index (κ3) is 6.48. The Morgan fingerprint density at radius 2 is 2.00 bits per heavy atom. The highest BCUT2D eigenvalue weighted by Crippen LogP contribution is 2.15. The molecule has 1 amide bonds. The largest absolute Gasteiger partial charge is 0.352 e. The predicted octanol–water partition coefficient (Wildman–Crippen LogP) is 3.74. The van der Waals surface area contributed by atoms with E-state index >= 15 is 0 Å². The molecule has 7 heteroatoms. The molecule has 1 aromatic carbocycles. The molecular formula is C21H29IN4OS. The highest BCUT2D eigenvalue weighted by atomic mass is 127. The lowest BCUT2D eigenvalue weighted by molar-refractivity contribution is -0.128. The van der Waals surface area contributed by atoms with Gasteiger partial charge < -0.3 is 15.1 Å². The third-order valence-electron chi connectivity index (χ3n) is 4.87. The summed E-state index contributed by atoms with van der Waals surface area (Å²) in [6.45, 7) is 3.28. The SMILES string of the molecule is CN=C(NCc1ccc(CN2CCCC2=O)cc1)N(C)CCc1cccs1.I. The molecule has 152 valence electrons. The zero-order valence-corrected chi connectivity index (χ0v) is 19.7. The van der Waals surface area contributed by atoms with Crippen molar-refractivity contribution >= 4 is 47.2 Å². The minimum atomic E-state index is 0. The number of aliphatic imine (C=N–C) groups is 1. The first-order valence-electron chi connectivity index (χ1n) is 9.45. The van der Waals surface area contributed by atoms with Crippen LogP contribution in [0.2, 0.25) is 0 Å². The van der Waals surface area contributed by atoms with Crippen molar-refractivity contribution in [1.29, 1.82) is 0 Å². The summed E-state index contributed by atoms with van der Waals surface area (Å²) in [7, 11) is 3.89. The van der Waals surface area contributed by atoms with Crippen LogP contribution in [-0.2, 0) is 24.3 Å². The van der Waals surface area contributed by atoms with Crippen LogP contribution in [0.15, 0.2) is 46.8 Å². The molecule has 0 saturated carbocycles. The van der Waals surface area contributed by atoms with E-state index in [0.29, 0.717) is 6.42 Å². The van der Waals surface area contributed by atoms with Crippen LogP contribution in [0.1, 0.15) is 28.8 Å². The number of nitrogens with zero attached hydrogens (tertiary/aromatic N) is 3. The van der Waals surface area contributed by atoms with E-state index in [4.69, 9.17) is 0 Å². The smallest absolute Gasteiger partial charge is 0.222 e. The van der Waals surface area contributed by atoms with Crippen molar-refractivity contribution < 1.29 is 4.79 Å². The Morgan fingerprint density at radius 1 is 1.25 bits per heavy atom. The van der Waals surface area contributed by atoms with Crippen molar-refractivity contribution in [2.75, 3.05) is 27.2 Å². The zero-order chi connectivity index (χ0) is 19.1. The van der Waals surface area contributed by atoms with Crippen LogP contribution in [0, 0.1) is 0 Å². The Labute approximate surface area is 188 Å². The molecule has 1 aliphatic rings. The number of likely N-dealkylation sites (tertiary alicyclic amines) is 1. The molecule has 0 bridgehead atoms. The number of hydrogen-bond donors (Lipinski definition) is 1. The fraction of sp³-hybridized carbons (Fsp3) is 0.429. The summed E-state index contributed by atoms with van der Waals surface area (Å²) in [4.78, 5) is 21.6. The monoisotopic (exact) mass is 512 g/mol. The first kappa shape index (κ1) is 22.7. The Bertz CT molecular complexity index is 761. The summed E-state index contributed by atoms with van der Waals surface area (Å²) in [6, 6.07) is 12.8. The fourth-order valence-corrected chi connectivity index (χ4v) is 3.96. The van der Waals surface area contributed by atoms with Crippen LogP contribution in [-0.4, -0.2) is 48.9 Å². The number of amides is 1. The highest BCUT2D eigenvalue weighted by molar-refractivity contribution is 14.0. The van der Waals surface area contributed by atoms with Gasteiger partial charge in [-0.15, -0.1) is 35.3 Å². The van der Waals surface area contributed by atoms with E-state index in [1.54, 1.807) is 11.3 Å². The number of carbonyl (C=O) groups is 1. The van der Waals surface area contributed by atoms with Crippen LogP contribution < -0.4 is 5.32 Å². The highest BCUT2D eigenvalue weighted by Gasteiger charge is 2.19. The number of likely N-dealkylation sites (N-methyl/N-ethyl adjacent to an activating group) is 1. The van der Waals surface area contributed by atoms with E-state index in [9.17, 15) is 4.79 Å². The Balaban J connectivity index is 0.00000280. The molecule has 0 unspecified atom stereocenters. The molecule has 0 radical (unpaired) electrons. The zero-order valence-electron chi connectivity index (χ0n) is 16.6. The van der Waals surface area contributed by atoms with Gasteiger partial charge in [-0.05, 0) is 35.4 Å². The molecule has 1 saturated heterocycles. The van der Waals surface area contributed by atoms with Gasteiger partial charge in [-0.2, -0.15) is 0 Å². The molecule has 5 nitrogen and oxygen atoms in total. The van der Waals surface area contributed by atoms with Gasteiger partial charge in [0.15, 0.2) is 5.96 Å². The number of carbonyl (C=O) groups excluding carboxylic acids is 1. The van der Waals surface area contributed by atoms with E-state index in [-0.39, 0.29) is 29.9 Å². The molecule has 0 aliphatic carbocycles. The van der Waals surface area contributed by atoms with E-state index in [0.717, 1.165) is 45.0 Å². The van der Waals surface area contributed by atoms with Crippen LogP contribution in [0.5, 0.6) is 0 Å². The number of guanidine groups is 1. The van der Waals surface area contributed by atoms with Gasteiger partial charge in [0.2, 0.25) is 5.91 Å². The molecule has 2 heterocycles. The Hall–Kier alpha value is -1.61. The van der Waals surface area contributed by atoms with Crippen molar-refractivity contribution in [3.63, 3.8) is 0 Å². The number of nitrogens with one attached hydrogen (secondary N) is 1. The molecule has 2 aromatic rings. The van der Waals surface area contributed by atoms with Crippen molar-refractivity contribution in [2.24, 2.45) is 4.99 Å².